The van der Waals surface area contributed by atoms with Crippen molar-refractivity contribution in [3.63, 3.8) is 0 Å². The van der Waals surface area contributed by atoms with Crippen molar-refractivity contribution in [3.8, 4) is 0 Å². The Balaban J connectivity index is 2.32. The first-order valence-corrected chi connectivity index (χ1v) is 7.28. The van der Waals surface area contributed by atoms with E-state index < -0.39 is 9.84 Å². The Bertz CT molecular complexity index is 478. The molecule has 1 aromatic rings. The number of benzene rings is 1. The van der Waals surface area contributed by atoms with E-state index in [4.69, 9.17) is 5.73 Å². The van der Waals surface area contributed by atoms with Crippen LogP contribution >= 0.6 is 0 Å². The molecule has 1 atom stereocenters. The lowest BCUT2D eigenvalue weighted by Gasteiger charge is -2.12. The topological polar surface area (TPSA) is 60.2 Å². The Morgan fingerprint density at radius 1 is 1.44 bits per heavy atom. The van der Waals surface area contributed by atoms with Gasteiger partial charge in [-0.15, -0.1) is 0 Å². The van der Waals surface area contributed by atoms with Crippen LogP contribution in [-0.2, 0) is 9.84 Å². The van der Waals surface area contributed by atoms with Crippen molar-refractivity contribution in [1.29, 1.82) is 0 Å². The lowest BCUT2D eigenvalue weighted by molar-refractivity contribution is 0.595. The van der Waals surface area contributed by atoms with Gasteiger partial charge in [-0.25, -0.2) is 8.42 Å². The molecule has 1 aromatic carbocycles. The Morgan fingerprint density at radius 2 is 2.12 bits per heavy atom. The van der Waals surface area contributed by atoms with E-state index in [0.717, 1.165) is 18.4 Å². The van der Waals surface area contributed by atoms with Crippen molar-refractivity contribution in [3.05, 3.63) is 29.8 Å². The van der Waals surface area contributed by atoms with E-state index >= 15 is 0 Å². The van der Waals surface area contributed by atoms with Gasteiger partial charge in [-0.1, -0.05) is 19.1 Å². The van der Waals surface area contributed by atoms with Crippen molar-refractivity contribution in [2.45, 2.75) is 30.7 Å². The second-order valence-electron chi connectivity index (χ2n) is 4.34. The summed E-state index contributed by atoms with van der Waals surface area (Å²) in [6.45, 7) is 1.66. The van der Waals surface area contributed by atoms with Gasteiger partial charge in [0.1, 0.15) is 0 Å². The van der Waals surface area contributed by atoms with Crippen LogP contribution in [-0.4, -0.2) is 14.2 Å². The molecule has 0 spiro atoms. The molecule has 3 nitrogen and oxygen atoms in total. The molecule has 0 aromatic heterocycles. The van der Waals surface area contributed by atoms with E-state index in [1.165, 1.54) is 0 Å². The van der Waals surface area contributed by atoms with Gasteiger partial charge in [0.2, 0.25) is 0 Å². The summed E-state index contributed by atoms with van der Waals surface area (Å²) >= 11 is 0. The van der Waals surface area contributed by atoms with Gasteiger partial charge in [-0.3, -0.25) is 0 Å². The minimum Gasteiger partial charge on any atom is -0.324 e. The molecule has 4 heteroatoms. The quantitative estimate of drug-likeness (QED) is 0.872. The third kappa shape index (κ3) is 2.28. The SMILES string of the molecule is CCS(=O)(=O)c1cccc(C(N)C2CC2)c1. The van der Waals surface area contributed by atoms with Crippen molar-refractivity contribution < 1.29 is 8.42 Å². The first kappa shape index (κ1) is 11.6. The van der Waals surface area contributed by atoms with Crippen molar-refractivity contribution in [2.75, 3.05) is 5.75 Å². The van der Waals surface area contributed by atoms with Gasteiger partial charge in [-0.2, -0.15) is 0 Å². The van der Waals surface area contributed by atoms with Crippen LogP contribution in [0.15, 0.2) is 29.2 Å². The fourth-order valence-corrected chi connectivity index (χ4v) is 2.74. The maximum Gasteiger partial charge on any atom is 0.178 e. The number of hydrogen-bond donors (Lipinski definition) is 1. The minimum atomic E-state index is -3.12. The first-order valence-electron chi connectivity index (χ1n) is 5.63. The minimum absolute atomic E-state index is 0.00740. The molecule has 0 heterocycles. The number of nitrogens with two attached hydrogens (primary N) is 1. The summed E-state index contributed by atoms with van der Waals surface area (Å²) in [5, 5.41) is 0. The Kier molecular flexibility index (Phi) is 3.04. The number of sulfone groups is 1. The van der Waals surface area contributed by atoms with Crippen LogP contribution in [0.1, 0.15) is 31.4 Å². The molecule has 2 rings (SSSR count). The molecule has 0 amide bonds. The van der Waals surface area contributed by atoms with Gasteiger partial charge in [0, 0.05) is 6.04 Å². The van der Waals surface area contributed by atoms with Crippen LogP contribution in [0.5, 0.6) is 0 Å². The van der Waals surface area contributed by atoms with E-state index in [-0.39, 0.29) is 11.8 Å². The summed E-state index contributed by atoms with van der Waals surface area (Å²) in [5.41, 5.74) is 7.00. The van der Waals surface area contributed by atoms with Gasteiger partial charge < -0.3 is 5.73 Å². The normalized spacial score (nSPS) is 18.4. The molecule has 2 N–H and O–H groups in total. The lowest BCUT2D eigenvalue weighted by Crippen LogP contribution is -2.13. The summed E-state index contributed by atoms with van der Waals surface area (Å²) in [7, 11) is -3.12. The zero-order valence-electron chi connectivity index (χ0n) is 9.39. The van der Waals surface area contributed by atoms with Crippen LogP contribution in [0.25, 0.3) is 0 Å². The van der Waals surface area contributed by atoms with Crippen molar-refractivity contribution in [1.82, 2.24) is 0 Å². The lowest BCUT2D eigenvalue weighted by atomic mass is 10.0. The molecule has 1 fully saturated rings. The average molecular weight is 239 g/mol. The monoisotopic (exact) mass is 239 g/mol. The molecule has 0 aliphatic heterocycles. The maximum atomic E-state index is 11.7. The molecule has 1 unspecified atom stereocenters. The molecule has 0 saturated heterocycles. The van der Waals surface area contributed by atoms with E-state index in [0.29, 0.717) is 10.8 Å². The highest BCUT2D eigenvalue weighted by atomic mass is 32.2. The number of hydrogen-bond acceptors (Lipinski definition) is 3. The van der Waals surface area contributed by atoms with Crippen LogP contribution in [0.3, 0.4) is 0 Å². The molecule has 1 aliphatic carbocycles. The van der Waals surface area contributed by atoms with Gasteiger partial charge >= 0.3 is 0 Å². The largest absolute Gasteiger partial charge is 0.324 e. The highest BCUT2D eigenvalue weighted by molar-refractivity contribution is 7.91. The highest BCUT2D eigenvalue weighted by Crippen LogP contribution is 2.39. The Labute approximate surface area is 96.6 Å². The number of rotatable bonds is 4. The predicted molar refractivity (Wildman–Crippen MR) is 63.8 cm³/mol. The average Bonchev–Trinajstić information content (AvgIpc) is 3.12. The van der Waals surface area contributed by atoms with Crippen LogP contribution in [0.4, 0.5) is 0 Å². The summed E-state index contributed by atoms with van der Waals surface area (Å²) in [4.78, 5) is 0.392. The fourth-order valence-electron chi connectivity index (χ4n) is 1.81. The third-order valence-electron chi connectivity index (χ3n) is 3.11. The maximum absolute atomic E-state index is 11.7. The van der Waals surface area contributed by atoms with Crippen molar-refractivity contribution in [2.24, 2.45) is 11.7 Å². The van der Waals surface area contributed by atoms with Crippen LogP contribution in [0, 0.1) is 5.92 Å². The van der Waals surface area contributed by atoms with Crippen LogP contribution < -0.4 is 5.73 Å². The van der Waals surface area contributed by atoms with Crippen LogP contribution in [0.2, 0.25) is 0 Å². The van der Waals surface area contributed by atoms with Gasteiger partial charge in [0.25, 0.3) is 0 Å². The first-order chi connectivity index (χ1) is 7.54. The standard InChI is InChI=1S/C12H17NO2S/c1-2-16(14,15)11-5-3-4-10(8-11)12(13)9-6-7-9/h3-5,8-9,12H,2,6-7,13H2,1H3. The predicted octanol–water partition coefficient (Wildman–Crippen LogP) is 1.89. The van der Waals surface area contributed by atoms with Gasteiger partial charge in [0.15, 0.2) is 9.84 Å². The molecule has 0 radical (unpaired) electrons. The molecular formula is C12H17NO2S. The van der Waals surface area contributed by atoms with Crippen molar-refractivity contribution >= 4 is 9.84 Å². The zero-order chi connectivity index (χ0) is 11.8. The van der Waals surface area contributed by atoms with E-state index in [1.807, 2.05) is 6.07 Å². The second-order valence-corrected chi connectivity index (χ2v) is 6.62. The Hall–Kier alpha value is -0.870. The van der Waals surface area contributed by atoms with E-state index in [2.05, 4.69) is 0 Å². The molecule has 16 heavy (non-hydrogen) atoms. The van der Waals surface area contributed by atoms with Gasteiger partial charge in [-0.05, 0) is 36.5 Å². The van der Waals surface area contributed by atoms with Gasteiger partial charge in [0.05, 0.1) is 10.6 Å². The summed E-state index contributed by atoms with van der Waals surface area (Å²) in [6.07, 6.45) is 2.32. The summed E-state index contributed by atoms with van der Waals surface area (Å²) < 4.78 is 23.4. The Morgan fingerprint density at radius 3 is 2.69 bits per heavy atom. The molecule has 1 saturated carbocycles. The molecular weight excluding hydrogens is 222 g/mol. The molecule has 88 valence electrons. The smallest absolute Gasteiger partial charge is 0.178 e. The fraction of sp³-hybridized carbons (Fsp3) is 0.500. The van der Waals surface area contributed by atoms with E-state index in [9.17, 15) is 8.42 Å². The zero-order valence-corrected chi connectivity index (χ0v) is 10.2. The summed E-state index contributed by atoms with van der Waals surface area (Å²) in [6, 6.07) is 7.05. The molecule has 1 aliphatic rings. The third-order valence-corrected chi connectivity index (χ3v) is 4.84. The van der Waals surface area contributed by atoms with E-state index in [1.54, 1.807) is 25.1 Å². The second kappa shape index (κ2) is 4.18. The molecule has 0 bridgehead atoms. The highest BCUT2D eigenvalue weighted by Gasteiger charge is 2.29. The summed E-state index contributed by atoms with van der Waals surface area (Å²) in [5.74, 6) is 0.675.